The lowest BCUT2D eigenvalue weighted by atomic mass is 10.2. The molecule has 1 aliphatic heterocycles. The molecule has 0 saturated carbocycles. The third-order valence-electron chi connectivity index (χ3n) is 2.50. The first-order chi connectivity index (χ1) is 6.31. The van der Waals surface area contributed by atoms with E-state index in [0.29, 0.717) is 6.04 Å². The third kappa shape index (κ3) is 1.69. The van der Waals surface area contributed by atoms with Crippen LogP contribution in [0.4, 0.5) is 5.13 Å². The molecule has 0 amide bonds. The Morgan fingerprint density at radius 1 is 1.77 bits per heavy atom. The Hall–Kier alpha value is -0.610. The zero-order valence-electron chi connectivity index (χ0n) is 7.73. The normalized spacial score (nSPS) is 22.6. The highest BCUT2D eigenvalue weighted by Gasteiger charge is 2.22. The van der Waals surface area contributed by atoms with E-state index < -0.39 is 0 Å². The summed E-state index contributed by atoms with van der Waals surface area (Å²) < 4.78 is 0. The van der Waals surface area contributed by atoms with Gasteiger partial charge in [-0.2, -0.15) is 0 Å². The Morgan fingerprint density at radius 2 is 2.62 bits per heavy atom. The van der Waals surface area contributed by atoms with E-state index in [4.69, 9.17) is 5.11 Å². The molecule has 3 nitrogen and oxygen atoms in total. The molecule has 1 N–H and O–H groups in total. The van der Waals surface area contributed by atoms with Gasteiger partial charge in [-0.05, 0) is 19.8 Å². The summed E-state index contributed by atoms with van der Waals surface area (Å²) in [5, 5.41) is 9.98. The van der Waals surface area contributed by atoms with Crippen LogP contribution in [0.15, 0.2) is 6.20 Å². The second-order valence-corrected chi connectivity index (χ2v) is 4.55. The van der Waals surface area contributed by atoms with Gasteiger partial charge >= 0.3 is 0 Å². The predicted octanol–water partition coefficient (Wildman–Crippen LogP) is 1.62. The molecule has 1 fully saturated rings. The van der Waals surface area contributed by atoms with Crippen LogP contribution in [0, 0.1) is 0 Å². The van der Waals surface area contributed by atoms with Crippen LogP contribution >= 0.6 is 11.3 Å². The first kappa shape index (κ1) is 8.97. The number of aliphatic hydroxyl groups is 1. The lowest BCUT2D eigenvalue weighted by molar-refractivity contribution is 0.285. The van der Waals surface area contributed by atoms with Gasteiger partial charge in [0.2, 0.25) is 0 Å². The van der Waals surface area contributed by atoms with E-state index in [-0.39, 0.29) is 6.61 Å². The van der Waals surface area contributed by atoms with Crippen molar-refractivity contribution in [1.29, 1.82) is 0 Å². The van der Waals surface area contributed by atoms with Crippen LogP contribution in [0.25, 0.3) is 0 Å². The van der Waals surface area contributed by atoms with Gasteiger partial charge in [0.1, 0.15) is 0 Å². The Kier molecular flexibility index (Phi) is 2.51. The summed E-state index contributed by atoms with van der Waals surface area (Å²) in [5.41, 5.74) is 0. The van der Waals surface area contributed by atoms with Gasteiger partial charge in [0.15, 0.2) is 5.13 Å². The van der Waals surface area contributed by atoms with E-state index in [1.807, 2.05) is 0 Å². The predicted molar refractivity (Wildman–Crippen MR) is 54.1 cm³/mol. The van der Waals surface area contributed by atoms with Crippen LogP contribution in [0.2, 0.25) is 0 Å². The van der Waals surface area contributed by atoms with Crippen molar-refractivity contribution < 1.29 is 5.11 Å². The number of hydrogen-bond donors (Lipinski definition) is 1. The molecule has 4 heteroatoms. The van der Waals surface area contributed by atoms with E-state index in [1.54, 1.807) is 17.5 Å². The van der Waals surface area contributed by atoms with Crippen molar-refractivity contribution in [2.45, 2.75) is 32.4 Å². The summed E-state index contributed by atoms with van der Waals surface area (Å²) in [6.07, 6.45) is 4.29. The van der Waals surface area contributed by atoms with Crippen molar-refractivity contribution in [2.75, 3.05) is 11.4 Å². The second-order valence-electron chi connectivity index (χ2n) is 3.45. The fourth-order valence-corrected chi connectivity index (χ4v) is 2.62. The first-order valence-electron chi connectivity index (χ1n) is 4.63. The molecule has 2 rings (SSSR count). The highest BCUT2D eigenvalue weighted by Crippen LogP contribution is 2.29. The number of hydrogen-bond acceptors (Lipinski definition) is 4. The standard InChI is InChI=1S/C9H14N2OS/c1-7-3-2-4-11(7)9-10-5-8(6-12)13-9/h5,7,12H,2-4,6H2,1H3. The fourth-order valence-electron chi connectivity index (χ4n) is 1.72. The molecule has 1 atom stereocenters. The summed E-state index contributed by atoms with van der Waals surface area (Å²) in [5.74, 6) is 0. The maximum atomic E-state index is 8.91. The zero-order valence-corrected chi connectivity index (χ0v) is 8.55. The molecule has 2 heterocycles. The number of aliphatic hydroxyl groups excluding tert-OH is 1. The van der Waals surface area contributed by atoms with Gasteiger partial charge in [-0.3, -0.25) is 0 Å². The smallest absolute Gasteiger partial charge is 0.185 e. The Balaban J connectivity index is 2.15. The average molecular weight is 198 g/mol. The number of nitrogens with zero attached hydrogens (tertiary/aromatic N) is 2. The number of anilines is 1. The topological polar surface area (TPSA) is 36.4 Å². The maximum Gasteiger partial charge on any atom is 0.185 e. The van der Waals surface area contributed by atoms with Crippen molar-refractivity contribution in [3.63, 3.8) is 0 Å². The van der Waals surface area contributed by atoms with Gasteiger partial charge in [-0.1, -0.05) is 11.3 Å². The highest BCUT2D eigenvalue weighted by molar-refractivity contribution is 7.15. The molecular formula is C9H14N2OS. The molecular weight excluding hydrogens is 184 g/mol. The molecule has 0 aromatic carbocycles. The van der Waals surface area contributed by atoms with E-state index >= 15 is 0 Å². The minimum absolute atomic E-state index is 0.111. The quantitative estimate of drug-likeness (QED) is 0.784. The summed E-state index contributed by atoms with van der Waals surface area (Å²) in [7, 11) is 0. The number of rotatable bonds is 2. The van der Waals surface area contributed by atoms with Crippen molar-refractivity contribution in [2.24, 2.45) is 0 Å². The van der Waals surface area contributed by atoms with Crippen LogP contribution in [-0.4, -0.2) is 22.7 Å². The molecule has 1 aromatic heterocycles. The molecule has 1 unspecified atom stereocenters. The largest absolute Gasteiger partial charge is 0.391 e. The zero-order chi connectivity index (χ0) is 9.26. The van der Waals surface area contributed by atoms with Gasteiger partial charge in [-0.15, -0.1) is 0 Å². The highest BCUT2D eigenvalue weighted by atomic mass is 32.1. The lowest BCUT2D eigenvalue weighted by Crippen LogP contribution is -2.25. The van der Waals surface area contributed by atoms with Crippen molar-refractivity contribution in [1.82, 2.24) is 4.98 Å². The Labute approximate surface area is 82.0 Å². The summed E-state index contributed by atoms with van der Waals surface area (Å²) in [4.78, 5) is 7.58. The van der Waals surface area contributed by atoms with Gasteiger partial charge in [0, 0.05) is 18.8 Å². The molecule has 72 valence electrons. The molecule has 1 saturated heterocycles. The molecule has 0 radical (unpaired) electrons. The van der Waals surface area contributed by atoms with E-state index in [2.05, 4.69) is 16.8 Å². The monoisotopic (exact) mass is 198 g/mol. The molecule has 1 aromatic rings. The number of aromatic nitrogens is 1. The molecule has 13 heavy (non-hydrogen) atoms. The van der Waals surface area contributed by atoms with Gasteiger partial charge < -0.3 is 10.0 Å². The van der Waals surface area contributed by atoms with Crippen molar-refractivity contribution in [3.8, 4) is 0 Å². The van der Waals surface area contributed by atoms with E-state index in [0.717, 1.165) is 16.6 Å². The lowest BCUT2D eigenvalue weighted by Gasteiger charge is -2.19. The maximum absolute atomic E-state index is 8.91. The molecule has 0 spiro atoms. The number of thiazole rings is 1. The minimum atomic E-state index is 0.111. The Bertz CT molecular complexity index is 287. The van der Waals surface area contributed by atoms with Gasteiger partial charge in [0.25, 0.3) is 0 Å². The van der Waals surface area contributed by atoms with E-state index in [1.165, 1.54) is 12.8 Å². The third-order valence-corrected chi connectivity index (χ3v) is 3.52. The van der Waals surface area contributed by atoms with Crippen LogP contribution in [0.5, 0.6) is 0 Å². The summed E-state index contributed by atoms with van der Waals surface area (Å²) in [6, 6.07) is 0.609. The van der Waals surface area contributed by atoms with E-state index in [9.17, 15) is 0 Å². The molecule has 0 bridgehead atoms. The average Bonchev–Trinajstić information content (AvgIpc) is 2.71. The summed E-state index contributed by atoms with van der Waals surface area (Å²) in [6.45, 7) is 3.45. The van der Waals surface area contributed by atoms with Crippen LogP contribution < -0.4 is 4.90 Å². The van der Waals surface area contributed by atoms with Crippen molar-refractivity contribution >= 4 is 16.5 Å². The van der Waals surface area contributed by atoms with Crippen LogP contribution in [-0.2, 0) is 6.61 Å². The van der Waals surface area contributed by atoms with Crippen LogP contribution in [0.1, 0.15) is 24.6 Å². The SMILES string of the molecule is CC1CCCN1c1ncc(CO)s1. The Morgan fingerprint density at radius 3 is 3.15 bits per heavy atom. The van der Waals surface area contributed by atoms with Crippen LogP contribution in [0.3, 0.4) is 0 Å². The van der Waals surface area contributed by atoms with Crippen molar-refractivity contribution in [3.05, 3.63) is 11.1 Å². The van der Waals surface area contributed by atoms with Gasteiger partial charge in [-0.25, -0.2) is 4.98 Å². The molecule has 1 aliphatic rings. The summed E-state index contributed by atoms with van der Waals surface area (Å²) >= 11 is 1.60. The molecule has 0 aliphatic carbocycles. The second kappa shape index (κ2) is 3.64. The minimum Gasteiger partial charge on any atom is -0.391 e. The fraction of sp³-hybridized carbons (Fsp3) is 0.667. The van der Waals surface area contributed by atoms with Gasteiger partial charge in [0.05, 0.1) is 11.5 Å². The first-order valence-corrected chi connectivity index (χ1v) is 5.45.